The molecule has 3 atom stereocenters. The summed E-state index contributed by atoms with van der Waals surface area (Å²) in [6.07, 6.45) is 1.07. The molecule has 1 aromatic carbocycles. The van der Waals surface area contributed by atoms with Crippen LogP contribution in [0.4, 0.5) is 20.2 Å². The van der Waals surface area contributed by atoms with E-state index in [1.54, 1.807) is 6.07 Å². The van der Waals surface area contributed by atoms with Gasteiger partial charge in [-0.25, -0.2) is 13.8 Å². The lowest BCUT2D eigenvalue weighted by Crippen LogP contribution is -2.45. The molecule has 3 aromatic rings. The topological polar surface area (TPSA) is 92.5 Å². The molecule has 7 nitrogen and oxygen atoms in total. The number of carbonyl (C=O) groups excluding carboxylic acids is 1. The molecule has 5 heterocycles. The van der Waals surface area contributed by atoms with Crippen LogP contribution in [0.5, 0.6) is 5.75 Å². The maximum absolute atomic E-state index is 15.1. The molecule has 2 saturated heterocycles. The minimum Gasteiger partial charge on any atom is -0.491 e. The van der Waals surface area contributed by atoms with Crippen molar-refractivity contribution in [2.24, 2.45) is 0 Å². The van der Waals surface area contributed by atoms with Crippen LogP contribution in [0, 0.1) is 18.6 Å². The molecule has 3 aliphatic heterocycles. The average molecular weight is 472 g/mol. The van der Waals surface area contributed by atoms with Crippen molar-refractivity contribution in [2.45, 2.75) is 37.9 Å². The van der Waals surface area contributed by atoms with Crippen molar-refractivity contribution in [3.05, 3.63) is 46.0 Å². The second-order valence-electron chi connectivity index (χ2n) is 8.98. The Balaban J connectivity index is 1.23. The zero-order valence-electron chi connectivity index (χ0n) is 18.0. The number of aryl methyl sites for hydroxylation is 1. The Morgan fingerprint density at radius 1 is 1.36 bits per heavy atom. The lowest BCUT2D eigenvalue weighted by molar-refractivity contribution is 0.0919. The minimum atomic E-state index is -0.904. The molecule has 1 amide bonds. The number of rotatable bonds is 3. The van der Waals surface area contributed by atoms with Gasteiger partial charge in [-0.05, 0) is 25.5 Å². The zero-order chi connectivity index (χ0) is 22.9. The van der Waals surface area contributed by atoms with E-state index in [-0.39, 0.29) is 36.2 Å². The van der Waals surface area contributed by atoms with Crippen LogP contribution in [0.15, 0.2) is 18.2 Å². The number of hydrogen-bond donors (Lipinski definition) is 3. The highest BCUT2D eigenvalue weighted by Crippen LogP contribution is 2.39. The summed E-state index contributed by atoms with van der Waals surface area (Å²) in [6.45, 7) is 3.46. The fraction of sp³-hybridized carbons (Fsp3) is 0.391. The molecule has 10 heteroatoms. The minimum absolute atomic E-state index is 0.139. The summed E-state index contributed by atoms with van der Waals surface area (Å²) in [6, 6.07) is 5.27. The fourth-order valence-electron chi connectivity index (χ4n) is 5.11. The third-order valence-electron chi connectivity index (χ3n) is 6.78. The molecule has 2 aromatic heterocycles. The number of nitrogens with two attached hydrogens (primary N) is 1. The highest BCUT2D eigenvalue weighted by Gasteiger charge is 2.40. The van der Waals surface area contributed by atoms with E-state index in [4.69, 9.17) is 10.5 Å². The summed E-state index contributed by atoms with van der Waals surface area (Å²) >= 11 is 1.21. The first kappa shape index (κ1) is 20.6. The zero-order valence-corrected chi connectivity index (χ0v) is 18.8. The Morgan fingerprint density at radius 3 is 2.97 bits per heavy atom. The number of hydrogen-bond acceptors (Lipinski definition) is 7. The van der Waals surface area contributed by atoms with Gasteiger partial charge in [0.2, 0.25) is 0 Å². The van der Waals surface area contributed by atoms with E-state index >= 15 is 8.78 Å². The number of benzene rings is 1. The molecular formula is C23H23F2N5O2S. The lowest BCUT2D eigenvalue weighted by Gasteiger charge is -2.32. The molecule has 3 aliphatic rings. The molecule has 0 unspecified atom stereocenters. The number of anilines is 2. The molecule has 2 fully saturated rings. The molecular weight excluding hydrogens is 448 g/mol. The number of nitrogens with one attached hydrogen (secondary N) is 2. The highest BCUT2D eigenvalue weighted by molar-refractivity contribution is 7.21. The standard InChI is InChI=1S/C23H23F2N5O2S/c1-10-2-3-14-20(26)21(33-23(14)28-10)22(31)29-12-5-15-17(32-9-12)6-16(19(25)18(15)24)30-8-11-4-13(30)7-27-11/h2-3,6,11-13,27H,4-5,7-9,26H2,1H3,(H,29,31)/t11-,12+,13-/m0/s1. The van der Waals surface area contributed by atoms with Crippen LogP contribution < -0.4 is 26.0 Å². The van der Waals surface area contributed by atoms with Crippen LogP contribution in [-0.2, 0) is 6.42 Å². The predicted molar refractivity (Wildman–Crippen MR) is 123 cm³/mol. The van der Waals surface area contributed by atoms with Gasteiger partial charge in [-0.2, -0.15) is 0 Å². The van der Waals surface area contributed by atoms with Crippen LogP contribution in [0.25, 0.3) is 10.2 Å². The van der Waals surface area contributed by atoms with Gasteiger partial charge in [0, 0.05) is 54.3 Å². The fourth-order valence-corrected chi connectivity index (χ4v) is 6.15. The Kier molecular flexibility index (Phi) is 4.70. The van der Waals surface area contributed by atoms with Gasteiger partial charge in [0.05, 0.1) is 17.4 Å². The predicted octanol–water partition coefficient (Wildman–Crippen LogP) is 2.75. The first-order valence-corrected chi connectivity index (χ1v) is 11.8. The average Bonchev–Trinajstić information content (AvgIpc) is 3.51. The molecule has 0 aliphatic carbocycles. The molecule has 4 N–H and O–H groups in total. The van der Waals surface area contributed by atoms with E-state index in [2.05, 4.69) is 15.6 Å². The van der Waals surface area contributed by atoms with Crippen molar-refractivity contribution in [1.82, 2.24) is 15.6 Å². The SMILES string of the molecule is Cc1ccc2c(N)c(C(=O)N[C@H]3COc4cc(N5C[C@@H]6C[C@H]5CN6)c(F)c(F)c4C3)sc2n1. The van der Waals surface area contributed by atoms with Crippen molar-refractivity contribution in [2.75, 3.05) is 30.3 Å². The maximum atomic E-state index is 15.1. The molecule has 33 heavy (non-hydrogen) atoms. The Hall–Kier alpha value is -2.98. The smallest absolute Gasteiger partial charge is 0.263 e. The molecule has 2 bridgehead atoms. The molecule has 0 saturated carbocycles. The van der Waals surface area contributed by atoms with Crippen molar-refractivity contribution in [3.8, 4) is 5.75 Å². The summed E-state index contributed by atoms with van der Waals surface area (Å²) in [4.78, 5) is 20.3. The number of nitrogen functional groups attached to an aromatic ring is 1. The summed E-state index contributed by atoms with van der Waals surface area (Å²) in [5.41, 5.74) is 7.79. The number of nitrogens with zero attached hydrogens (tertiary/aromatic N) is 2. The van der Waals surface area contributed by atoms with Gasteiger partial charge in [0.25, 0.3) is 5.91 Å². The quantitative estimate of drug-likeness (QED) is 0.544. The van der Waals surface area contributed by atoms with E-state index in [9.17, 15) is 4.79 Å². The van der Waals surface area contributed by atoms with Crippen LogP contribution in [-0.4, -0.2) is 48.7 Å². The third-order valence-corrected chi connectivity index (χ3v) is 7.89. The van der Waals surface area contributed by atoms with Gasteiger partial charge in [0.1, 0.15) is 22.1 Å². The Bertz CT molecular complexity index is 1300. The van der Waals surface area contributed by atoms with E-state index < -0.39 is 17.7 Å². The van der Waals surface area contributed by atoms with Gasteiger partial charge in [0.15, 0.2) is 11.6 Å². The first-order valence-electron chi connectivity index (χ1n) is 11.0. The number of piperazine rings is 1. The Labute approximate surface area is 192 Å². The number of amides is 1. The molecule has 172 valence electrons. The lowest BCUT2D eigenvalue weighted by atomic mass is 10.00. The number of aromatic nitrogens is 1. The summed E-state index contributed by atoms with van der Waals surface area (Å²) in [7, 11) is 0. The highest BCUT2D eigenvalue weighted by atomic mass is 32.1. The van der Waals surface area contributed by atoms with Crippen molar-refractivity contribution >= 4 is 38.8 Å². The number of halogens is 2. The number of fused-ring (bicyclic) bond motifs is 4. The third kappa shape index (κ3) is 3.31. The van der Waals surface area contributed by atoms with Gasteiger partial charge in [-0.15, -0.1) is 11.3 Å². The summed E-state index contributed by atoms with van der Waals surface area (Å²) < 4.78 is 35.9. The normalized spacial score (nSPS) is 23.6. The van der Waals surface area contributed by atoms with E-state index in [0.717, 1.165) is 24.0 Å². The van der Waals surface area contributed by atoms with E-state index in [1.807, 2.05) is 24.0 Å². The molecule has 0 radical (unpaired) electrons. The Morgan fingerprint density at radius 2 is 2.21 bits per heavy atom. The second-order valence-corrected chi connectivity index (χ2v) is 9.98. The molecule has 6 rings (SSSR count). The number of ether oxygens (including phenoxy) is 1. The van der Waals surface area contributed by atoms with Gasteiger partial charge < -0.3 is 26.0 Å². The van der Waals surface area contributed by atoms with Crippen molar-refractivity contribution in [3.63, 3.8) is 0 Å². The van der Waals surface area contributed by atoms with E-state index in [0.29, 0.717) is 33.7 Å². The number of carbonyl (C=O) groups is 1. The number of pyridine rings is 1. The monoisotopic (exact) mass is 471 g/mol. The van der Waals surface area contributed by atoms with Gasteiger partial charge in [-0.3, -0.25) is 4.79 Å². The van der Waals surface area contributed by atoms with Crippen LogP contribution in [0.1, 0.15) is 27.3 Å². The van der Waals surface area contributed by atoms with E-state index in [1.165, 1.54) is 11.3 Å². The summed E-state index contributed by atoms with van der Waals surface area (Å²) in [5, 5.41) is 6.95. The largest absolute Gasteiger partial charge is 0.491 e. The van der Waals surface area contributed by atoms with Gasteiger partial charge in [-0.1, -0.05) is 0 Å². The molecule has 0 spiro atoms. The van der Waals surface area contributed by atoms with Crippen LogP contribution in [0.2, 0.25) is 0 Å². The van der Waals surface area contributed by atoms with Crippen LogP contribution >= 0.6 is 11.3 Å². The van der Waals surface area contributed by atoms with Gasteiger partial charge >= 0.3 is 0 Å². The van der Waals surface area contributed by atoms with Crippen molar-refractivity contribution < 1.29 is 18.3 Å². The maximum Gasteiger partial charge on any atom is 0.263 e. The number of thiophene rings is 1. The second kappa shape index (κ2) is 7.53. The van der Waals surface area contributed by atoms with Crippen molar-refractivity contribution in [1.29, 1.82) is 0 Å². The first-order chi connectivity index (χ1) is 15.9. The summed E-state index contributed by atoms with van der Waals surface area (Å²) in [5.74, 6) is -1.79. The van der Waals surface area contributed by atoms with Crippen LogP contribution in [0.3, 0.4) is 0 Å².